The second-order valence-electron chi connectivity index (χ2n) is 8.15. The number of carbonyl (C=O) groups excluding carboxylic acids is 1. The monoisotopic (exact) mass is 393 g/mol. The van der Waals surface area contributed by atoms with Gasteiger partial charge in [0.05, 0.1) is 12.2 Å². The number of benzene rings is 1. The maximum Gasteiger partial charge on any atom is 0.219 e. The van der Waals surface area contributed by atoms with Crippen LogP contribution in [-0.2, 0) is 24.2 Å². The first-order chi connectivity index (χ1) is 14.1. The number of hydrogen-bond donors (Lipinski definition) is 1. The van der Waals surface area contributed by atoms with Crippen molar-refractivity contribution < 1.29 is 4.79 Å². The molecule has 1 aromatic heterocycles. The third kappa shape index (κ3) is 4.58. The minimum atomic E-state index is 0.115. The number of nitrogens with zero attached hydrogens (tertiary/aromatic N) is 4. The summed E-state index contributed by atoms with van der Waals surface area (Å²) in [5, 5.41) is 3.24. The highest BCUT2D eigenvalue weighted by atomic mass is 16.2. The molecule has 1 fully saturated rings. The normalized spacial score (nSPS) is 17.8. The standard InChI is InChI=1S/C23H31N5O/c1-17(29)28-15-11-21-20(16-28)23(24-2)26-22(25-21)19-9-13-27(14-10-19)12-8-18-6-4-3-5-7-18/h3-7,19H,8-16H2,1-2H3,(H,24,25,26). The molecule has 4 rings (SSSR count). The van der Waals surface area contributed by atoms with Gasteiger partial charge in [0.25, 0.3) is 0 Å². The zero-order chi connectivity index (χ0) is 20.2. The molecule has 1 N–H and O–H groups in total. The number of aromatic nitrogens is 2. The molecular formula is C23H31N5O. The molecule has 29 heavy (non-hydrogen) atoms. The highest BCUT2D eigenvalue weighted by Crippen LogP contribution is 2.30. The van der Waals surface area contributed by atoms with Gasteiger partial charge in [-0.05, 0) is 37.9 Å². The lowest BCUT2D eigenvalue weighted by atomic mass is 9.94. The molecule has 0 bridgehead atoms. The van der Waals surface area contributed by atoms with Crippen LogP contribution in [0.15, 0.2) is 30.3 Å². The topological polar surface area (TPSA) is 61.4 Å². The van der Waals surface area contributed by atoms with Crippen molar-refractivity contribution in [2.75, 3.05) is 38.5 Å². The fourth-order valence-electron chi connectivity index (χ4n) is 4.44. The molecule has 6 heteroatoms. The molecule has 1 saturated heterocycles. The predicted octanol–water partition coefficient (Wildman–Crippen LogP) is 2.85. The Morgan fingerprint density at radius 3 is 2.59 bits per heavy atom. The molecule has 0 atom stereocenters. The molecule has 3 heterocycles. The quantitative estimate of drug-likeness (QED) is 0.846. The van der Waals surface area contributed by atoms with Crippen molar-refractivity contribution in [1.82, 2.24) is 19.8 Å². The van der Waals surface area contributed by atoms with Gasteiger partial charge >= 0.3 is 0 Å². The van der Waals surface area contributed by atoms with E-state index in [-0.39, 0.29) is 5.91 Å². The Bertz CT molecular complexity index is 829. The fraction of sp³-hybridized carbons (Fsp3) is 0.522. The van der Waals surface area contributed by atoms with Crippen LogP contribution in [0.25, 0.3) is 0 Å². The minimum Gasteiger partial charge on any atom is -0.373 e. The van der Waals surface area contributed by atoms with Crippen molar-refractivity contribution in [2.45, 2.75) is 45.1 Å². The molecule has 0 saturated carbocycles. The van der Waals surface area contributed by atoms with Gasteiger partial charge in [0.15, 0.2) is 0 Å². The molecular weight excluding hydrogens is 362 g/mol. The lowest BCUT2D eigenvalue weighted by Gasteiger charge is -2.33. The first-order valence-electron chi connectivity index (χ1n) is 10.7. The summed E-state index contributed by atoms with van der Waals surface area (Å²) in [5.41, 5.74) is 3.60. The average Bonchev–Trinajstić information content (AvgIpc) is 2.77. The first-order valence-corrected chi connectivity index (χ1v) is 10.7. The van der Waals surface area contributed by atoms with Gasteiger partial charge in [-0.3, -0.25) is 4.79 Å². The van der Waals surface area contributed by atoms with Gasteiger partial charge in [-0.2, -0.15) is 0 Å². The van der Waals surface area contributed by atoms with Crippen molar-refractivity contribution >= 4 is 11.7 Å². The Kier molecular flexibility index (Phi) is 6.09. The van der Waals surface area contributed by atoms with E-state index in [0.717, 1.165) is 74.8 Å². The van der Waals surface area contributed by atoms with E-state index in [1.165, 1.54) is 5.56 Å². The summed E-state index contributed by atoms with van der Waals surface area (Å²) in [4.78, 5) is 26.0. The van der Waals surface area contributed by atoms with E-state index >= 15 is 0 Å². The van der Waals surface area contributed by atoms with Crippen LogP contribution in [0.3, 0.4) is 0 Å². The van der Waals surface area contributed by atoms with Gasteiger partial charge in [-0.25, -0.2) is 9.97 Å². The molecule has 2 aliphatic heterocycles. The largest absolute Gasteiger partial charge is 0.373 e. The van der Waals surface area contributed by atoms with Crippen LogP contribution < -0.4 is 5.32 Å². The molecule has 1 aromatic carbocycles. The summed E-state index contributed by atoms with van der Waals surface area (Å²) >= 11 is 0. The highest BCUT2D eigenvalue weighted by molar-refractivity contribution is 5.74. The number of fused-ring (bicyclic) bond motifs is 1. The van der Waals surface area contributed by atoms with Crippen LogP contribution in [0.5, 0.6) is 0 Å². The lowest BCUT2D eigenvalue weighted by Crippen LogP contribution is -2.37. The van der Waals surface area contributed by atoms with Gasteiger partial charge < -0.3 is 15.1 Å². The number of nitrogens with one attached hydrogen (secondary N) is 1. The summed E-state index contributed by atoms with van der Waals surface area (Å²) in [6.07, 6.45) is 4.14. The fourth-order valence-corrected chi connectivity index (χ4v) is 4.44. The number of carbonyl (C=O) groups is 1. The van der Waals surface area contributed by atoms with Gasteiger partial charge in [-0.15, -0.1) is 0 Å². The Labute approximate surface area is 173 Å². The number of piperidine rings is 1. The molecule has 0 unspecified atom stereocenters. The van der Waals surface area contributed by atoms with Crippen LogP contribution in [0.1, 0.15) is 48.3 Å². The van der Waals surface area contributed by atoms with E-state index < -0.39 is 0 Å². The second kappa shape index (κ2) is 8.91. The Hall–Kier alpha value is -2.47. The summed E-state index contributed by atoms with van der Waals surface area (Å²) in [6.45, 7) is 6.31. The van der Waals surface area contributed by atoms with Crippen molar-refractivity contribution in [1.29, 1.82) is 0 Å². The van der Waals surface area contributed by atoms with Crippen molar-refractivity contribution in [3.8, 4) is 0 Å². The maximum atomic E-state index is 11.8. The van der Waals surface area contributed by atoms with Gasteiger partial charge in [0.2, 0.25) is 5.91 Å². The third-order valence-electron chi connectivity index (χ3n) is 6.27. The predicted molar refractivity (Wildman–Crippen MR) is 115 cm³/mol. The Morgan fingerprint density at radius 2 is 1.90 bits per heavy atom. The zero-order valence-corrected chi connectivity index (χ0v) is 17.5. The van der Waals surface area contributed by atoms with Crippen LogP contribution in [0.4, 0.5) is 5.82 Å². The molecule has 6 nitrogen and oxygen atoms in total. The molecule has 154 valence electrons. The van der Waals surface area contributed by atoms with Crippen LogP contribution in [0, 0.1) is 0 Å². The van der Waals surface area contributed by atoms with E-state index in [4.69, 9.17) is 9.97 Å². The maximum absolute atomic E-state index is 11.8. The molecule has 2 aromatic rings. The average molecular weight is 394 g/mol. The van der Waals surface area contributed by atoms with Crippen LogP contribution in [-0.4, -0.2) is 58.9 Å². The second-order valence-corrected chi connectivity index (χ2v) is 8.15. The van der Waals surface area contributed by atoms with E-state index in [9.17, 15) is 4.79 Å². The summed E-state index contributed by atoms with van der Waals surface area (Å²) in [6, 6.07) is 10.7. The van der Waals surface area contributed by atoms with Gasteiger partial charge in [0.1, 0.15) is 11.6 Å². The van der Waals surface area contributed by atoms with E-state index in [2.05, 4.69) is 40.5 Å². The molecule has 1 amide bonds. The number of hydrogen-bond acceptors (Lipinski definition) is 5. The first kappa shape index (κ1) is 19.8. The minimum absolute atomic E-state index is 0.115. The van der Waals surface area contributed by atoms with E-state index in [0.29, 0.717) is 12.5 Å². The van der Waals surface area contributed by atoms with Crippen LogP contribution in [0.2, 0.25) is 0 Å². The summed E-state index contributed by atoms with van der Waals surface area (Å²) in [5.74, 6) is 2.41. The van der Waals surface area contributed by atoms with E-state index in [1.54, 1.807) is 6.92 Å². The number of likely N-dealkylation sites (tertiary alicyclic amines) is 1. The van der Waals surface area contributed by atoms with E-state index in [1.807, 2.05) is 11.9 Å². The number of rotatable bonds is 5. The van der Waals surface area contributed by atoms with Gasteiger partial charge in [0, 0.05) is 45.0 Å². The SMILES string of the molecule is CNc1nc(C2CCN(CCc3ccccc3)CC2)nc2c1CN(C(C)=O)CC2. The van der Waals surface area contributed by atoms with Crippen molar-refractivity contribution in [3.05, 3.63) is 53.0 Å². The highest BCUT2D eigenvalue weighted by Gasteiger charge is 2.27. The zero-order valence-electron chi connectivity index (χ0n) is 17.5. The molecule has 0 radical (unpaired) electrons. The van der Waals surface area contributed by atoms with Crippen molar-refractivity contribution in [3.63, 3.8) is 0 Å². The third-order valence-corrected chi connectivity index (χ3v) is 6.27. The number of anilines is 1. The molecule has 0 aliphatic carbocycles. The smallest absolute Gasteiger partial charge is 0.219 e. The van der Waals surface area contributed by atoms with Crippen molar-refractivity contribution in [2.24, 2.45) is 0 Å². The Morgan fingerprint density at radius 1 is 1.14 bits per heavy atom. The lowest BCUT2D eigenvalue weighted by molar-refractivity contribution is -0.129. The Balaban J connectivity index is 1.39. The molecule has 0 spiro atoms. The van der Waals surface area contributed by atoms with Crippen LogP contribution >= 0.6 is 0 Å². The summed E-state index contributed by atoms with van der Waals surface area (Å²) in [7, 11) is 1.91. The number of amides is 1. The summed E-state index contributed by atoms with van der Waals surface area (Å²) < 4.78 is 0. The molecule has 2 aliphatic rings. The van der Waals surface area contributed by atoms with Gasteiger partial charge in [-0.1, -0.05) is 30.3 Å².